The smallest absolute Gasteiger partial charge is 0.303 e. The second kappa shape index (κ2) is 10.5. The average Bonchev–Trinajstić information content (AvgIpc) is 3.46. The van der Waals surface area contributed by atoms with Crippen LogP contribution < -0.4 is 0 Å². The molecule has 4 atom stereocenters. The highest BCUT2D eigenvalue weighted by atomic mass is 16.6. The van der Waals surface area contributed by atoms with Gasteiger partial charge in [0.25, 0.3) is 0 Å². The van der Waals surface area contributed by atoms with E-state index in [1.807, 2.05) is 0 Å². The topological polar surface area (TPSA) is 62.4 Å². The first kappa shape index (κ1) is 18.9. The predicted molar refractivity (Wildman–Crippen MR) is 95.0 cm³/mol. The van der Waals surface area contributed by atoms with Crippen molar-refractivity contribution in [2.75, 3.05) is 0 Å². The number of carboxylic acids is 1. The SMILES string of the molecule is CCC1OC1CC1OC1C/C=C\C/C=C\C/C=C\CCCC(=O)O. The lowest BCUT2D eigenvalue weighted by molar-refractivity contribution is -0.137. The molecule has 0 radical (unpaired) electrons. The van der Waals surface area contributed by atoms with Gasteiger partial charge in [0.2, 0.25) is 0 Å². The van der Waals surface area contributed by atoms with Crippen LogP contribution >= 0.6 is 0 Å². The minimum atomic E-state index is -0.718. The molecule has 4 heteroatoms. The van der Waals surface area contributed by atoms with Crippen molar-refractivity contribution in [1.29, 1.82) is 0 Å². The molecule has 134 valence electrons. The molecule has 4 unspecified atom stereocenters. The highest BCUT2D eigenvalue weighted by Crippen LogP contribution is 2.37. The number of unbranched alkanes of at least 4 members (excludes halogenated alkanes) is 1. The second-order valence-corrected chi connectivity index (χ2v) is 6.48. The molecule has 2 aliphatic rings. The Kier molecular flexibility index (Phi) is 8.26. The van der Waals surface area contributed by atoms with Crippen LogP contribution in [0.25, 0.3) is 0 Å². The maximum absolute atomic E-state index is 10.3. The summed E-state index contributed by atoms with van der Waals surface area (Å²) >= 11 is 0. The molecule has 0 saturated carbocycles. The van der Waals surface area contributed by atoms with E-state index < -0.39 is 5.97 Å². The molecule has 0 aliphatic carbocycles. The first-order chi connectivity index (χ1) is 11.7. The molecule has 0 bridgehead atoms. The maximum Gasteiger partial charge on any atom is 0.303 e. The first-order valence-electron chi connectivity index (χ1n) is 9.18. The standard InChI is InChI=1S/C20H30O4/c1-2-16-18(23-16)15-19-17(24-19)13-11-9-7-5-3-4-6-8-10-12-14-20(21)22/h3,5-6,8-9,11,16-19H,2,4,7,10,12-15H2,1H3,(H,21,22)/b5-3-,8-6-,11-9-. The number of allylic oxidation sites excluding steroid dienone is 5. The summed E-state index contributed by atoms with van der Waals surface area (Å²) in [6.07, 6.45) is 21.5. The number of carboxylic acid groups (broad SMARTS) is 1. The lowest BCUT2D eigenvalue weighted by atomic mass is 10.1. The van der Waals surface area contributed by atoms with Crippen molar-refractivity contribution in [3.63, 3.8) is 0 Å². The molecule has 1 N–H and O–H groups in total. The van der Waals surface area contributed by atoms with Crippen LogP contribution in [0.4, 0.5) is 0 Å². The highest BCUT2D eigenvalue weighted by Gasteiger charge is 2.46. The van der Waals surface area contributed by atoms with Gasteiger partial charge in [-0.3, -0.25) is 4.79 Å². The van der Waals surface area contributed by atoms with E-state index in [2.05, 4.69) is 43.4 Å². The molecular formula is C20H30O4. The number of carbonyl (C=O) groups is 1. The molecular weight excluding hydrogens is 304 g/mol. The van der Waals surface area contributed by atoms with Gasteiger partial charge in [-0.1, -0.05) is 43.4 Å². The van der Waals surface area contributed by atoms with Gasteiger partial charge in [0.15, 0.2) is 0 Å². The Labute approximate surface area is 145 Å². The molecule has 2 heterocycles. The summed E-state index contributed by atoms with van der Waals surface area (Å²) in [5.74, 6) is -0.718. The highest BCUT2D eigenvalue weighted by molar-refractivity contribution is 5.66. The summed E-state index contributed by atoms with van der Waals surface area (Å²) in [5.41, 5.74) is 0. The van der Waals surface area contributed by atoms with E-state index in [-0.39, 0.29) is 6.42 Å². The molecule has 2 fully saturated rings. The van der Waals surface area contributed by atoms with Gasteiger partial charge in [-0.15, -0.1) is 0 Å². The van der Waals surface area contributed by atoms with Crippen molar-refractivity contribution >= 4 is 5.97 Å². The lowest BCUT2D eigenvalue weighted by Crippen LogP contribution is -2.00. The minimum Gasteiger partial charge on any atom is -0.481 e. The van der Waals surface area contributed by atoms with E-state index in [0.29, 0.717) is 30.8 Å². The summed E-state index contributed by atoms with van der Waals surface area (Å²) in [5, 5.41) is 8.52. The van der Waals surface area contributed by atoms with Crippen molar-refractivity contribution in [1.82, 2.24) is 0 Å². The third-order valence-corrected chi connectivity index (χ3v) is 4.42. The molecule has 2 rings (SSSR count). The van der Waals surface area contributed by atoms with Crippen molar-refractivity contribution in [3.05, 3.63) is 36.5 Å². The third kappa shape index (κ3) is 7.93. The van der Waals surface area contributed by atoms with Gasteiger partial charge in [0.1, 0.15) is 0 Å². The van der Waals surface area contributed by atoms with Gasteiger partial charge >= 0.3 is 5.97 Å². The normalized spacial score (nSPS) is 29.0. The van der Waals surface area contributed by atoms with Crippen molar-refractivity contribution in [2.45, 2.75) is 82.7 Å². The van der Waals surface area contributed by atoms with Crippen LogP contribution in [0.5, 0.6) is 0 Å². The van der Waals surface area contributed by atoms with Crippen LogP contribution in [0.2, 0.25) is 0 Å². The zero-order valence-corrected chi connectivity index (χ0v) is 14.6. The number of epoxide rings is 2. The van der Waals surface area contributed by atoms with Gasteiger partial charge in [0.05, 0.1) is 24.4 Å². The molecule has 0 spiro atoms. The Balaban J connectivity index is 1.40. The monoisotopic (exact) mass is 334 g/mol. The predicted octanol–water partition coefficient (Wildman–Crippen LogP) is 4.42. The summed E-state index contributed by atoms with van der Waals surface area (Å²) in [4.78, 5) is 10.3. The molecule has 0 aromatic carbocycles. The quantitative estimate of drug-likeness (QED) is 0.308. The lowest BCUT2D eigenvalue weighted by Gasteiger charge is -1.90. The Morgan fingerprint density at radius 3 is 2.21 bits per heavy atom. The van der Waals surface area contributed by atoms with Crippen LogP contribution in [-0.4, -0.2) is 35.5 Å². The average molecular weight is 334 g/mol. The number of ether oxygens (including phenoxy) is 2. The minimum absolute atomic E-state index is 0.253. The Morgan fingerprint density at radius 2 is 1.54 bits per heavy atom. The zero-order valence-electron chi connectivity index (χ0n) is 14.6. The number of hydrogen-bond donors (Lipinski definition) is 1. The van der Waals surface area contributed by atoms with Gasteiger partial charge in [0, 0.05) is 12.8 Å². The van der Waals surface area contributed by atoms with E-state index in [0.717, 1.165) is 38.5 Å². The Morgan fingerprint density at radius 1 is 0.917 bits per heavy atom. The second-order valence-electron chi connectivity index (χ2n) is 6.48. The Bertz CT molecular complexity index is 466. The van der Waals surface area contributed by atoms with Crippen molar-refractivity contribution < 1.29 is 19.4 Å². The van der Waals surface area contributed by atoms with E-state index in [1.165, 1.54) is 0 Å². The maximum atomic E-state index is 10.3. The van der Waals surface area contributed by atoms with Gasteiger partial charge in [-0.25, -0.2) is 0 Å². The van der Waals surface area contributed by atoms with Crippen LogP contribution in [0, 0.1) is 0 Å². The molecule has 24 heavy (non-hydrogen) atoms. The summed E-state index contributed by atoms with van der Waals surface area (Å²) in [6, 6.07) is 0. The summed E-state index contributed by atoms with van der Waals surface area (Å²) < 4.78 is 11.2. The zero-order chi connectivity index (χ0) is 17.2. The summed E-state index contributed by atoms with van der Waals surface area (Å²) in [7, 11) is 0. The van der Waals surface area contributed by atoms with E-state index in [1.54, 1.807) is 0 Å². The molecule has 4 nitrogen and oxygen atoms in total. The Hall–Kier alpha value is -1.39. The van der Waals surface area contributed by atoms with E-state index in [4.69, 9.17) is 14.6 Å². The van der Waals surface area contributed by atoms with Gasteiger partial charge in [-0.05, 0) is 38.5 Å². The molecule has 0 aromatic rings. The van der Waals surface area contributed by atoms with Crippen LogP contribution in [0.3, 0.4) is 0 Å². The van der Waals surface area contributed by atoms with Crippen molar-refractivity contribution in [2.24, 2.45) is 0 Å². The fourth-order valence-electron chi connectivity index (χ4n) is 2.83. The van der Waals surface area contributed by atoms with Crippen molar-refractivity contribution in [3.8, 4) is 0 Å². The fraction of sp³-hybridized carbons (Fsp3) is 0.650. The van der Waals surface area contributed by atoms with Crippen LogP contribution in [-0.2, 0) is 14.3 Å². The van der Waals surface area contributed by atoms with Crippen LogP contribution in [0.15, 0.2) is 36.5 Å². The number of aliphatic carboxylic acids is 1. The van der Waals surface area contributed by atoms with Gasteiger partial charge in [-0.2, -0.15) is 0 Å². The molecule has 2 aliphatic heterocycles. The van der Waals surface area contributed by atoms with E-state index >= 15 is 0 Å². The first-order valence-corrected chi connectivity index (χ1v) is 9.18. The number of rotatable bonds is 13. The number of hydrogen-bond acceptors (Lipinski definition) is 3. The third-order valence-electron chi connectivity index (χ3n) is 4.42. The summed E-state index contributed by atoms with van der Waals surface area (Å²) in [6.45, 7) is 2.17. The largest absolute Gasteiger partial charge is 0.481 e. The molecule has 0 amide bonds. The fourth-order valence-corrected chi connectivity index (χ4v) is 2.83. The van der Waals surface area contributed by atoms with E-state index in [9.17, 15) is 4.79 Å². The molecule has 0 aromatic heterocycles. The van der Waals surface area contributed by atoms with Gasteiger partial charge < -0.3 is 14.6 Å². The molecule has 2 saturated heterocycles. The van der Waals surface area contributed by atoms with Crippen LogP contribution in [0.1, 0.15) is 58.3 Å².